The van der Waals surface area contributed by atoms with Gasteiger partial charge in [-0.05, 0) is 24.3 Å². The first-order valence-corrected chi connectivity index (χ1v) is 7.24. The monoisotopic (exact) mass is 332 g/mol. The topological polar surface area (TPSA) is 64.3 Å². The minimum Gasteiger partial charge on any atom is -0.496 e. The molecular formula is C15H22Cl2N2O2. The predicted molar refractivity (Wildman–Crippen MR) is 88.6 cm³/mol. The van der Waals surface area contributed by atoms with E-state index in [2.05, 4.69) is 12.2 Å². The van der Waals surface area contributed by atoms with E-state index < -0.39 is 0 Å². The number of benzene rings is 1. The highest BCUT2D eigenvalue weighted by Gasteiger charge is 2.29. The zero-order chi connectivity index (χ0) is 14.8. The third-order valence-electron chi connectivity index (χ3n) is 4.05. The molecule has 1 aromatic rings. The number of methoxy groups -OCH3 is 1. The van der Waals surface area contributed by atoms with E-state index in [1.807, 2.05) is 0 Å². The molecule has 118 valence electrons. The standard InChI is InChI=1S/C15H21ClN2O2.ClH/c1-15(5-3-4-6-15)9-18-14(19)10-7-11(16)12(17)8-13(10)20-2;/h7-8H,3-6,9,17H2,1-2H3,(H,18,19);1H. The van der Waals surface area contributed by atoms with Crippen molar-refractivity contribution in [2.24, 2.45) is 5.41 Å². The molecule has 0 unspecified atom stereocenters. The first-order valence-electron chi connectivity index (χ1n) is 6.86. The molecule has 0 bridgehead atoms. The van der Waals surface area contributed by atoms with Gasteiger partial charge in [-0.3, -0.25) is 4.79 Å². The summed E-state index contributed by atoms with van der Waals surface area (Å²) in [6.07, 6.45) is 4.80. The highest BCUT2D eigenvalue weighted by molar-refractivity contribution is 6.33. The molecule has 0 heterocycles. The van der Waals surface area contributed by atoms with E-state index in [0.29, 0.717) is 28.6 Å². The predicted octanol–water partition coefficient (Wildman–Crippen LogP) is 3.66. The molecule has 3 N–H and O–H groups in total. The molecular weight excluding hydrogens is 311 g/mol. The molecule has 1 aliphatic carbocycles. The van der Waals surface area contributed by atoms with Gasteiger partial charge in [-0.15, -0.1) is 12.4 Å². The first kappa shape index (κ1) is 17.9. The summed E-state index contributed by atoms with van der Waals surface area (Å²) < 4.78 is 5.20. The molecule has 4 nitrogen and oxygen atoms in total. The van der Waals surface area contributed by atoms with Crippen LogP contribution in [0.25, 0.3) is 0 Å². The lowest BCUT2D eigenvalue weighted by Gasteiger charge is -2.24. The van der Waals surface area contributed by atoms with Gasteiger partial charge in [-0.1, -0.05) is 31.4 Å². The Bertz CT molecular complexity index is 515. The van der Waals surface area contributed by atoms with Gasteiger partial charge in [0.2, 0.25) is 0 Å². The van der Waals surface area contributed by atoms with Crippen LogP contribution in [0.4, 0.5) is 5.69 Å². The molecule has 1 fully saturated rings. The number of amides is 1. The van der Waals surface area contributed by atoms with Crippen molar-refractivity contribution < 1.29 is 9.53 Å². The van der Waals surface area contributed by atoms with Crippen LogP contribution in [-0.4, -0.2) is 19.6 Å². The van der Waals surface area contributed by atoms with Crippen LogP contribution in [0.3, 0.4) is 0 Å². The van der Waals surface area contributed by atoms with E-state index in [4.69, 9.17) is 22.1 Å². The smallest absolute Gasteiger partial charge is 0.255 e. The molecule has 0 spiro atoms. The molecule has 0 aliphatic heterocycles. The Morgan fingerprint density at radius 1 is 1.43 bits per heavy atom. The second-order valence-electron chi connectivity index (χ2n) is 5.77. The molecule has 0 aromatic heterocycles. The zero-order valence-corrected chi connectivity index (χ0v) is 13.9. The van der Waals surface area contributed by atoms with Gasteiger partial charge in [0, 0.05) is 12.6 Å². The minimum absolute atomic E-state index is 0. The SMILES string of the molecule is COc1cc(N)c(Cl)cc1C(=O)NCC1(C)CCCC1.Cl. The van der Waals surface area contributed by atoms with Crippen molar-refractivity contribution in [3.8, 4) is 5.75 Å². The van der Waals surface area contributed by atoms with Gasteiger partial charge in [-0.25, -0.2) is 0 Å². The van der Waals surface area contributed by atoms with E-state index in [9.17, 15) is 4.79 Å². The zero-order valence-electron chi connectivity index (χ0n) is 12.4. The van der Waals surface area contributed by atoms with Crippen LogP contribution in [0.2, 0.25) is 5.02 Å². The summed E-state index contributed by atoms with van der Waals surface area (Å²) in [7, 11) is 1.51. The van der Waals surface area contributed by atoms with Crippen molar-refractivity contribution in [2.75, 3.05) is 19.4 Å². The van der Waals surface area contributed by atoms with Crippen molar-refractivity contribution in [2.45, 2.75) is 32.6 Å². The summed E-state index contributed by atoms with van der Waals surface area (Å²) in [5.74, 6) is 0.276. The maximum Gasteiger partial charge on any atom is 0.255 e. The third kappa shape index (κ3) is 4.17. The third-order valence-corrected chi connectivity index (χ3v) is 4.38. The Kier molecular flexibility index (Phi) is 6.17. The lowest BCUT2D eigenvalue weighted by Crippen LogP contribution is -2.34. The Morgan fingerprint density at radius 2 is 2.05 bits per heavy atom. The Hall–Kier alpha value is -1.13. The fraction of sp³-hybridized carbons (Fsp3) is 0.533. The number of ether oxygens (including phenoxy) is 1. The van der Waals surface area contributed by atoms with E-state index >= 15 is 0 Å². The summed E-state index contributed by atoms with van der Waals surface area (Å²) in [6.45, 7) is 2.89. The van der Waals surface area contributed by atoms with Crippen molar-refractivity contribution in [3.05, 3.63) is 22.7 Å². The number of carbonyl (C=O) groups is 1. The lowest BCUT2D eigenvalue weighted by molar-refractivity contribution is 0.0931. The van der Waals surface area contributed by atoms with Gasteiger partial charge in [0.05, 0.1) is 23.4 Å². The summed E-state index contributed by atoms with van der Waals surface area (Å²) in [5, 5.41) is 3.35. The lowest BCUT2D eigenvalue weighted by atomic mass is 9.89. The summed E-state index contributed by atoms with van der Waals surface area (Å²) in [6, 6.07) is 3.14. The van der Waals surface area contributed by atoms with Gasteiger partial charge < -0.3 is 15.8 Å². The summed E-state index contributed by atoms with van der Waals surface area (Å²) in [4.78, 5) is 12.3. The van der Waals surface area contributed by atoms with E-state index in [1.54, 1.807) is 12.1 Å². The van der Waals surface area contributed by atoms with E-state index in [0.717, 1.165) is 12.8 Å². The number of rotatable bonds is 4. The molecule has 0 saturated heterocycles. The highest BCUT2D eigenvalue weighted by Crippen LogP contribution is 2.37. The molecule has 21 heavy (non-hydrogen) atoms. The average Bonchev–Trinajstić information content (AvgIpc) is 2.86. The number of hydrogen-bond acceptors (Lipinski definition) is 3. The molecule has 2 rings (SSSR count). The Labute approximate surface area is 136 Å². The number of anilines is 1. The molecule has 6 heteroatoms. The average molecular weight is 333 g/mol. The van der Waals surface area contributed by atoms with Crippen molar-refractivity contribution >= 4 is 35.6 Å². The molecule has 1 aromatic carbocycles. The number of nitrogens with two attached hydrogens (primary N) is 1. The maximum absolute atomic E-state index is 12.3. The van der Waals surface area contributed by atoms with Crippen LogP contribution in [0.5, 0.6) is 5.75 Å². The number of nitrogen functional groups attached to an aromatic ring is 1. The fourth-order valence-electron chi connectivity index (χ4n) is 2.71. The first-order chi connectivity index (χ1) is 9.45. The summed E-state index contributed by atoms with van der Waals surface area (Å²) in [5.41, 5.74) is 6.75. The van der Waals surface area contributed by atoms with Crippen molar-refractivity contribution in [3.63, 3.8) is 0 Å². The quantitative estimate of drug-likeness (QED) is 0.827. The summed E-state index contributed by atoms with van der Waals surface area (Å²) >= 11 is 5.98. The number of carbonyl (C=O) groups excluding carboxylic acids is 1. The molecule has 1 saturated carbocycles. The second kappa shape index (κ2) is 7.23. The second-order valence-corrected chi connectivity index (χ2v) is 6.18. The minimum atomic E-state index is -0.170. The van der Waals surface area contributed by atoms with Gasteiger partial charge in [0.15, 0.2) is 0 Å². The Balaban J connectivity index is 0.00000220. The van der Waals surface area contributed by atoms with Crippen LogP contribution < -0.4 is 15.8 Å². The van der Waals surface area contributed by atoms with Crippen LogP contribution in [0.15, 0.2) is 12.1 Å². The number of nitrogens with one attached hydrogen (secondary N) is 1. The molecule has 1 aliphatic rings. The van der Waals surface area contributed by atoms with Gasteiger partial charge in [0.25, 0.3) is 5.91 Å². The normalized spacial score (nSPS) is 16.1. The van der Waals surface area contributed by atoms with Gasteiger partial charge in [0.1, 0.15) is 5.75 Å². The van der Waals surface area contributed by atoms with Crippen LogP contribution in [-0.2, 0) is 0 Å². The number of halogens is 2. The van der Waals surface area contributed by atoms with Crippen molar-refractivity contribution in [1.29, 1.82) is 0 Å². The Morgan fingerprint density at radius 3 is 2.62 bits per heavy atom. The molecule has 0 atom stereocenters. The highest BCUT2D eigenvalue weighted by atomic mass is 35.5. The van der Waals surface area contributed by atoms with Crippen LogP contribution >= 0.6 is 24.0 Å². The van der Waals surface area contributed by atoms with Crippen LogP contribution in [0, 0.1) is 5.41 Å². The molecule has 0 radical (unpaired) electrons. The number of hydrogen-bond donors (Lipinski definition) is 2. The van der Waals surface area contributed by atoms with E-state index in [1.165, 1.54) is 20.0 Å². The van der Waals surface area contributed by atoms with Crippen molar-refractivity contribution in [1.82, 2.24) is 5.32 Å². The largest absolute Gasteiger partial charge is 0.496 e. The van der Waals surface area contributed by atoms with Gasteiger partial charge in [-0.2, -0.15) is 0 Å². The fourth-order valence-corrected chi connectivity index (χ4v) is 2.87. The van der Waals surface area contributed by atoms with Crippen LogP contribution in [0.1, 0.15) is 43.0 Å². The van der Waals surface area contributed by atoms with Gasteiger partial charge >= 0.3 is 0 Å². The maximum atomic E-state index is 12.3. The van der Waals surface area contributed by atoms with E-state index in [-0.39, 0.29) is 23.7 Å². The molecule has 1 amide bonds.